The molecular weight excluding hydrogens is 344 g/mol. The minimum Gasteiger partial charge on any atom is -0.481 e. The molecule has 1 saturated heterocycles. The maximum Gasteiger partial charge on any atom is 0.338 e. The van der Waals surface area contributed by atoms with E-state index >= 15 is 0 Å². The van der Waals surface area contributed by atoms with E-state index in [1.165, 1.54) is 0 Å². The lowest BCUT2D eigenvalue weighted by molar-refractivity contribution is -0.144. The van der Waals surface area contributed by atoms with E-state index in [2.05, 4.69) is 0 Å². The Labute approximate surface area is 150 Å². The van der Waals surface area contributed by atoms with Crippen molar-refractivity contribution in [2.24, 2.45) is 5.92 Å². The lowest BCUT2D eigenvalue weighted by atomic mass is 9.78. The summed E-state index contributed by atoms with van der Waals surface area (Å²) in [6, 6.07) is 8.25. The fraction of sp³-hybridized carbons (Fsp3) is 0.500. The van der Waals surface area contributed by atoms with Crippen molar-refractivity contribution in [1.29, 1.82) is 0 Å². The second-order valence-corrected chi connectivity index (χ2v) is 6.27. The summed E-state index contributed by atoms with van der Waals surface area (Å²) in [7, 11) is 0. The number of hydrogen-bond acceptors (Lipinski definition) is 6. The second kappa shape index (κ2) is 8.29. The lowest BCUT2D eigenvalue weighted by Gasteiger charge is -2.32. The van der Waals surface area contributed by atoms with Gasteiger partial charge in [0.15, 0.2) is 0 Å². The summed E-state index contributed by atoms with van der Waals surface area (Å²) in [5, 5.41) is 29.1. The predicted molar refractivity (Wildman–Crippen MR) is 88.6 cm³/mol. The Morgan fingerprint density at radius 2 is 1.73 bits per heavy atom. The van der Waals surface area contributed by atoms with Crippen LogP contribution in [0.5, 0.6) is 0 Å². The van der Waals surface area contributed by atoms with Crippen LogP contribution in [-0.4, -0.2) is 57.6 Å². The fourth-order valence-corrected chi connectivity index (χ4v) is 3.33. The fourth-order valence-electron chi connectivity index (χ4n) is 3.33. The molecule has 0 aliphatic carbocycles. The van der Waals surface area contributed by atoms with Gasteiger partial charge in [0, 0.05) is 5.92 Å². The highest BCUT2D eigenvalue weighted by atomic mass is 16.6. The van der Waals surface area contributed by atoms with Crippen molar-refractivity contribution in [3.63, 3.8) is 0 Å². The molecule has 3 N–H and O–H groups in total. The molecule has 1 aromatic rings. The molecule has 0 amide bonds. The predicted octanol–water partition coefficient (Wildman–Crippen LogP) is 1.32. The summed E-state index contributed by atoms with van der Waals surface area (Å²) in [4.78, 5) is 34.3. The molecule has 142 valence electrons. The van der Waals surface area contributed by atoms with Crippen LogP contribution in [0, 0.1) is 5.92 Å². The number of hydrogen-bond donors (Lipinski definition) is 3. The topological polar surface area (TPSA) is 130 Å². The smallest absolute Gasteiger partial charge is 0.338 e. The number of esters is 1. The SMILES string of the molecule is CC[C@@]1(O)[C@H](CC(=O)O)C(CC(=O)O)O[C@@H]1COC(=O)c1ccccc1. The zero-order chi connectivity index (χ0) is 19.3. The number of carboxylic acids is 2. The van der Waals surface area contributed by atoms with Gasteiger partial charge < -0.3 is 24.8 Å². The van der Waals surface area contributed by atoms with Gasteiger partial charge in [-0.05, 0) is 18.6 Å². The zero-order valence-electron chi connectivity index (χ0n) is 14.3. The second-order valence-electron chi connectivity index (χ2n) is 6.27. The van der Waals surface area contributed by atoms with Gasteiger partial charge in [-0.25, -0.2) is 4.79 Å². The Balaban J connectivity index is 2.14. The highest BCUT2D eigenvalue weighted by Gasteiger charge is 2.55. The number of carbonyl (C=O) groups excluding carboxylic acids is 1. The van der Waals surface area contributed by atoms with Gasteiger partial charge in [0.1, 0.15) is 12.7 Å². The summed E-state index contributed by atoms with van der Waals surface area (Å²) in [6.07, 6.45) is -2.73. The van der Waals surface area contributed by atoms with Crippen LogP contribution in [0.4, 0.5) is 0 Å². The molecule has 26 heavy (non-hydrogen) atoms. The van der Waals surface area contributed by atoms with Gasteiger partial charge in [0.25, 0.3) is 0 Å². The van der Waals surface area contributed by atoms with Crippen LogP contribution in [0.25, 0.3) is 0 Å². The van der Waals surface area contributed by atoms with Crippen LogP contribution in [-0.2, 0) is 19.1 Å². The first-order chi connectivity index (χ1) is 12.3. The van der Waals surface area contributed by atoms with Crippen LogP contribution < -0.4 is 0 Å². The Morgan fingerprint density at radius 1 is 1.12 bits per heavy atom. The van der Waals surface area contributed by atoms with Crippen molar-refractivity contribution in [1.82, 2.24) is 0 Å². The van der Waals surface area contributed by atoms with E-state index in [4.69, 9.17) is 19.7 Å². The Bertz CT molecular complexity index is 658. The van der Waals surface area contributed by atoms with E-state index < -0.39 is 54.5 Å². The van der Waals surface area contributed by atoms with Crippen LogP contribution in [0.1, 0.15) is 36.5 Å². The Morgan fingerprint density at radius 3 is 2.27 bits per heavy atom. The number of rotatable bonds is 8. The summed E-state index contributed by atoms with van der Waals surface area (Å²) in [5.74, 6) is -3.85. The van der Waals surface area contributed by atoms with Gasteiger partial charge in [-0.3, -0.25) is 9.59 Å². The normalized spacial score (nSPS) is 27.8. The first-order valence-electron chi connectivity index (χ1n) is 8.31. The number of aliphatic hydroxyl groups is 1. The van der Waals surface area contributed by atoms with E-state index in [0.717, 1.165) is 0 Å². The zero-order valence-corrected chi connectivity index (χ0v) is 14.3. The molecule has 1 aliphatic heterocycles. The minimum absolute atomic E-state index is 0.134. The molecule has 1 aliphatic rings. The van der Waals surface area contributed by atoms with E-state index in [0.29, 0.717) is 5.56 Å². The van der Waals surface area contributed by atoms with Crippen LogP contribution in [0.2, 0.25) is 0 Å². The maximum atomic E-state index is 12.1. The molecule has 1 aromatic carbocycles. The van der Waals surface area contributed by atoms with E-state index in [1.54, 1.807) is 37.3 Å². The molecule has 0 saturated carbocycles. The Kier molecular flexibility index (Phi) is 6.33. The van der Waals surface area contributed by atoms with Gasteiger partial charge in [-0.1, -0.05) is 25.1 Å². The van der Waals surface area contributed by atoms with Crippen molar-refractivity contribution < 1.29 is 39.2 Å². The lowest BCUT2D eigenvalue weighted by Crippen LogP contribution is -2.47. The first kappa shape index (κ1) is 19.9. The van der Waals surface area contributed by atoms with Crippen molar-refractivity contribution in [3.05, 3.63) is 35.9 Å². The molecule has 8 nitrogen and oxygen atoms in total. The third-order valence-electron chi connectivity index (χ3n) is 4.70. The van der Waals surface area contributed by atoms with Gasteiger partial charge in [0.05, 0.1) is 30.1 Å². The van der Waals surface area contributed by atoms with Crippen LogP contribution in [0.15, 0.2) is 30.3 Å². The molecule has 2 rings (SSSR count). The highest BCUT2D eigenvalue weighted by molar-refractivity contribution is 5.89. The minimum atomic E-state index is -1.60. The molecule has 0 radical (unpaired) electrons. The van der Waals surface area contributed by atoms with Gasteiger partial charge >= 0.3 is 17.9 Å². The average molecular weight is 366 g/mol. The molecule has 1 heterocycles. The third kappa shape index (κ3) is 4.39. The van der Waals surface area contributed by atoms with E-state index in [1.807, 2.05) is 0 Å². The van der Waals surface area contributed by atoms with Crippen LogP contribution >= 0.6 is 0 Å². The number of carboxylic acid groups (broad SMARTS) is 2. The van der Waals surface area contributed by atoms with Crippen molar-refractivity contribution >= 4 is 17.9 Å². The van der Waals surface area contributed by atoms with Crippen molar-refractivity contribution in [3.8, 4) is 0 Å². The maximum absolute atomic E-state index is 12.1. The monoisotopic (exact) mass is 366 g/mol. The van der Waals surface area contributed by atoms with Gasteiger partial charge in [-0.15, -0.1) is 0 Å². The summed E-state index contributed by atoms with van der Waals surface area (Å²) >= 11 is 0. The molecule has 0 bridgehead atoms. The average Bonchev–Trinajstić information content (AvgIpc) is 2.85. The van der Waals surface area contributed by atoms with E-state index in [-0.39, 0.29) is 13.0 Å². The highest BCUT2D eigenvalue weighted by Crippen LogP contribution is 2.42. The van der Waals surface area contributed by atoms with E-state index in [9.17, 15) is 19.5 Å². The molecule has 4 atom stereocenters. The third-order valence-corrected chi connectivity index (χ3v) is 4.70. The number of benzene rings is 1. The molecule has 0 aromatic heterocycles. The largest absolute Gasteiger partial charge is 0.481 e. The summed E-state index contributed by atoms with van der Waals surface area (Å²) in [6.45, 7) is 1.34. The van der Waals surface area contributed by atoms with Gasteiger partial charge in [0.2, 0.25) is 0 Å². The van der Waals surface area contributed by atoms with Crippen molar-refractivity contribution in [2.45, 2.75) is 44.0 Å². The number of carbonyl (C=O) groups is 3. The Hall–Kier alpha value is -2.45. The first-order valence-corrected chi connectivity index (χ1v) is 8.31. The van der Waals surface area contributed by atoms with Gasteiger partial charge in [-0.2, -0.15) is 0 Å². The molecule has 8 heteroatoms. The quantitative estimate of drug-likeness (QED) is 0.587. The number of aliphatic carboxylic acids is 2. The van der Waals surface area contributed by atoms with Crippen LogP contribution in [0.3, 0.4) is 0 Å². The number of ether oxygens (including phenoxy) is 2. The summed E-state index contributed by atoms with van der Waals surface area (Å²) < 4.78 is 10.8. The molecule has 1 unspecified atom stereocenters. The molecule has 0 spiro atoms. The molecule has 1 fully saturated rings. The summed E-state index contributed by atoms with van der Waals surface area (Å²) in [5.41, 5.74) is -1.27. The molecular formula is C18H22O8. The van der Waals surface area contributed by atoms with Crippen molar-refractivity contribution in [2.75, 3.05) is 6.61 Å². The standard InChI is InChI=1S/C18H22O8/c1-2-18(24)12(8-15(19)20)13(9-16(21)22)26-14(18)10-25-17(23)11-6-4-3-5-7-11/h3-7,12-14,24H,2,8-10H2,1H3,(H,19,20)(H,21,22)/t12-,13?,14-,18-/m1/s1.